The summed E-state index contributed by atoms with van der Waals surface area (Å²) >= 11 is 0. The van der Waals surface area contributed by atoms with Crippen LogP contribution in [0.25, 0.3) is 0 Å². The Morgan fingerprint density at radius 2 is 1.71 bits per heavy atom. The number of hydrogen-bond acceptors (Lipinski definition) is 1. The van der Waals surface area contributed by atoms with Gasteiger partial charge in [-0.25, -0.2) is 0 Å². The van der Waals surface area contributed by atoms with Crippen molar-refractivity contribution >= 4 is 23.0 Å². The lowest BCUT2D eigenvalue weighted by Gasteiger charge is -2.42. The largest absolute Gasteiger partial charge is 0.377 e. The topological polar surface area (TPSA) is 9.23 Å². The Morgan fingerprint density at radius 1 is 1.18 bits per heavy atom. The van der Waals surface area contributed by atoms with Gasteiger partial charge >= 0.3 is 0 Å². The molecule has 0 aromatic heterocycles. The second-order valence-corrected chi connectivity index (χ2v) is 34.0. The summed E-state index contributed by atoms with van der Waals surface area (Å²) in [6, 6.07) is 1.49. The maximum atomic E-state index is 5.64. The Kier molecular flexibility index (Phi) is 7.21. The highest BCUT2D eigenvalue weighted by Crippen LogP contribution is 2.27. The molecule has 0 radical (unpaired) electrons. The van der Waals surface area contributed by atoms with Crippen LogP contribution in [0.15, 0.2) is 12.2 Å². The first kappa shape index (κ1) is 17.4. The number of hydrogen-bond donors (Lipinski definition) is 0. The van der Waals surface area contributed by atoms with E-state index in [1.54, 1.807) is 0 Å². The van der Waals surface area contributed by atoms with E-state index < -0.39 is 23.0 Å². The van der Waals surface area contributed by atoms with Gasteiger partial charge in [-0.2, -0.15) is 0 Å². The minimum atomic E-state index is -0.930. The second-order valence-electron chi connectivity index (χ2n) is 6.94. The quantitative estimate of drug-likeness (QED) is 0.372. The van der Waals surface area contributed by atoms with E-state index in [1.165, 1.54) is 12.5 Å². The normalized spacial score (nSPS) is 16.0. The van der Waals surface area contributed by atoms with Crippen molar-refractivity contribution < 1.29 is 4.74 Å². The minimum Gasteiger partial charge on any atom is -0.377 e. The van der Waals surface area contributed by atoms with Crippen LogP contribution in [0.1, 0.15) is 13.3 Å². The van der Waals surface area contributed by atoms with Gasteiger partial charge in [-0.1, -0.05) is 57.5 Å². The lowest BCUT2D eigenvalue weighted by Crippen LogP contribution is -2.63. The molecular formula is C13H32OSi3. The van der Waals surface area contributed by atoms with Crippen LogP contribution in [0.2, 0.25) is 45.3 Å². The molecule has 0 aromatic carbocycles. The molecule has 0 N–H and O–H groups in total. The molecule has 4 heteroatoms. The molecule has 102 valence electrons. The molecule has 0 heterocycles. The van der Waals surface area contributed by atoms with Crippen LogP contribution in [0.4, 0.5) is 0 Å². The van der Waals surface area contributed by atoms with E-state index in [4.69, 9.17) is 4.74 Å². The zero-order chi connectivity index (χ0) is 13.7. The van der Waals surface area contributed by atoms with Gasteiger partial charge in [0.25, 0.3) is 0 Å². The van der Waals surface area contributed by atoms with Crippen LogP contribution >= 0.6 is 0 Å². The summed E-state index contributed by atoms with van der Waals surface area (Å²) in [6.45, 7) is 23.1. The summed E-state index contributed by atoms with van der Waals surface area (Å²) in [5.74, 6) is 0. The van der Waals surface area contributed by atoms with Gasteiger partial charge in [-0.3, -0.25) is 0 Å². The Hall–Kier alpha value is 0.351. The van der Waals surface area contributed by atoms with Crippen molar-refractivity contribution in [3.05, 3.63) is 12.2 Å². The molecule has 0 bridgehead atoms. The van der Waals surface area contributed by atoms with E-state index in [2.05, 4.69) is 45.9 Å². The lowest BCUT2D eigenvalue weighted by atomic mass is 10.4. The molecule has 0 saturated heterocycles. The summed E-state index contributed by atoms with van der Waals surface area (Å²) in [5, 5.41) is 0. The van der Waals surface area contributed by atoms with E-state index in [0.717, 1.165) is 18.8 Å². The lowest BCUT2D eigenvalue weighted by molar-refractivity contribution is 0.157. The predicted molar refractivity (Wildman–Crippen MR) is 88.9 cm³/mol. The van der Waals surface area contributed by atoms with Gasteiger partial charge in [0.05, 0.1) is 6.61 Å². The molecule has 0 aromatic rings. The summed E-state index contributed by atoms with van der Waals surface area (Å²) in [5.41, 5.74) is 1.13. The molecule has 1 nitrogen and oxygen atoms in total. The van der Waals surface area contributed by atoms with Crippen LogP contribution in [-0.2, 0) is 4.74 Å². The zero-order valence-corrected chi connectivity index (χ0v) is 16.2. The van der Waals surface area contributed by atoms with Gasteiger partial charge in [0, 0.05) is 29.6 Å². The molecular weight excluding hydrogens is 256 g/mol. The SMILES string of the molecule is C=C(C)COCCC[Si](C)([SiH](C)C)[Si](C)(C)C. The van der Waals surface area contributed by atoms with Crippen molar-refractivity contribution in [3.8, 4) is 0 Å². The predicted octanol–water partition coefficient (Wildman–Crippen LogP) is 4.03. The van der Waals surface area contributed by atoms with E-state index in [9.17, 15) is 0 Å². The molecule has 0 fully saturated rings. The summed E-state index contributed by atoms with van der Waals surface area (Å²) < 4.78 is 5.64. The summed E-state index contributed by atoms with van der Waals surface area (Å²) in [7, 11) is -2.33. The first-order valence-electron chi connectivity index (χ1n) is 6.83. The first-order valence-corrected chi connectivity index (χ1v) is 18.2. The molecule has 0 spiro atoms. The van der Waals surface area contributed by atoms with Crippen LogP contribution in [0.3, 0.4) is 0 Å². The third-order valence-electron chi connectivity index (χ3n) is 4.32. The molecule has 1 atom stereocenters. The highest BCUT2D eigenvalue weighted by atomic mass is 29.6. The van der Waals surface area contributed by atoms with Crippen molar-refractivity contribution in [2.45, 2.75) is 58.7 Å². The highest BCUT2D eigenvalue weighted by Gasteiger charge is 2.43. The van der Waals surface area contributed by atoms with E-state index in [0.29, 0.717) is 0 Å². The highest BCUT2D eigenvalue weighted by molar-refractivity contribution is 7.64. The summed E-state index contributed by atoms with van der Waals surface area (Å²) in [4.78, 5) is 0. The number of ether oxygens (including phenoxy) is 1. The van der Waals surface area contributed by atoms with Crippen LogP contribution in [0.5, 0.6) is 0 Å². The number of rotatable bonds is 8. The molecule has 17 heavy (non-hydrogen) atoms. The van der Waals surface area contributed by atoms with E-state index >= 15 is 0 Å². The maximum absolute atomic E-state index is 5.64. The summed E-state index contributed by atoms with van der Waals surface area (Å²) in [6.07, 6.45) is 1.27. The molecule has 0 amide bonds. The first-order chi connectivity index (χ1) is 7.61. The van der Waals surface area contributed by atoms with Gasteiger partial charge in [0.2, 0.25) is 0 Å². The molecule has 0 saturated carbocycles. The van der Waals surface area contributed by atoms with Crippen LogP contribution in [0, 0.1) is 0 Å². The third-order valence-corrected chi connectivity index (χ3v) is 44.2. The molecule has 0 aliphatic rings. The Bertz CT molecular complexity index is 246. The van der Waals surface area contributed by atoms with Crippen LogP contribution < -0.4 is 0 Å². The van der Waals surface area contributed by atoms with Gasteiger partial charge in [0.15, 0.2) is 0 Å². The van der Waals surface area contributed by atoms with E-state index in [1.807, 2.05) is 6.92 Å². The average molecular weight is 289 g/mol. The molecule has 0 aliphatic carbocycles. The minimum absolute atomic E-state index is 0.469. The Balaban J connectivity index is 4.17. The fourth-order valence-electron chi connectivity index (χ4n) is 2.32. The monoisotopic (exact) mass is 288 g/mol. The van der Waals surface area contributed by atoms with Gasteiger partial charge in [0.1, 0.15) is 0 Å². The van der Waals surface area contributed by atoms with Gasteiger partial charge in [-0.05, 0) is 13.3 Å². The molecule has 0 aliphatic heterocycles. The zero-order valence-electron chi connectivity index (χ0n) is 13.0. The Labute approximate surface area is 112 Å². The standard InChI is InChI=1S/C13H32OSi3/c1-13(2)12-14-10-9-11-17(8,15(3)4)16(5,6)7/h15H,1,9-12H2,2-8H3. The van der Waals surface area contributed by atoms with Crippen molar-refractivity contribution in [3.63, 3.8) is 0 Å². The van der Waals surface area contributed by atoms with Gasteiger partial charge in [-0.15, -0.1) is 0 Å². The maximum Gasteiger partial charge on any atom is 0.0671 e. The molecule has 0 rings (SSSR count). The van der Waals surface area contributed by atoms with Gasteiger partial charge < -0.3 is 4.74 Å². The van der Waals surface area contributed by atoms with Crippen molar-refractivity contribution in [2.24, 2.45) is 0 Å². The smallest absolute Gasteiger partial charge is 0.0671 e. The average Bonchev–Trinajstić information content (AvgIpc) is 2.14. The Morgan fingerprint density at radius 3 is 2.06 bits per heavy atom. The van der Waals surface area contributed by atoms with Crippen molar-refractivity contribution in [2.75, 3.05) is 13.2 Å². The third kappa shape index (κ3) is 5.68. The van der Waals surface area contributed by atoms with Crippen LogP contribution in [-0.4, -0.2) is 36.2 Å². The van der Waals surface area contributed by atoms with E-state index in [-0.39, 0.29) is 0 Å². The molecule has 1 unspecified atom stereocenters. The fourth-order valence-corrected chi connectivity index (χ4v) is 32.2. The van der Waals surface area contributed by atoms with Crippen molar-refractivity contribution in [1.29, 1.82) is 0 Å². The fraction of sp³-hybridized carbons (Fsp3) is 0.846. The second kappa shape index (κ2) is 7.07. The van der Waals surface area contributed by atoms with Crippen molar-refractivity contribution in [1.82, 2.24) is 0 Å².